The number of aliphatic hydroxyl groups excluding tert-OH is 1. The van der Waals surface area contributed by atoms with Gasteiger partial charge in [0.1, 0.15) is 0 Å². The van der Waals surface area contributed by atoms with Crippen molar-refractivity contribution in [3.63, 3.8) is 0 Å². The van der Waals surface area contributed by atoms with Crippen LogP contribution in [0.2, 0.25) is 0 Å². The van der Waals surface area contributed by atoms with Gasteiger partial charge in [0, 0.05) is 6.42 Å². The Morgan fingerprint density at radius 1 is 1.50 bits per heavy atom. The monoisotopic (exact) mass is 170 g/mol. The van der Waals surface area contributed by atoms with Crippen LogP contribution in [-0.4, -0.2) is 22.3 Å². The third-order valence-electron chi connectivity index (χ3n) is 1.32. The van der Waals surface area contributed by atoms with E-state index in [0.29, 0.717) is 12.3 Å². The van der Waals surface area contributed by atoms with Gasteiger partial charge in [0.25, 0.3) is 0 Å². The Morgan fingerprint density at radius 3 is 2.50 bits per heavy atom. The molecule has 12 heavy (non-hydrogen) atoms. The van der Waals surface area contributed by atoms with E-state index >= 15 is 0 Å². The third kappa shape index (κ3) is 5.75. The fraction of sp³-hybridized carbons (Fsp3) is 0.667. The standard InChI is InChI=1S/C9H14O3/c1-7(2)5-3-4-6-8(10)9(11)12/h7-8,10H,3,5H2,1-2H3,(H,11,12). The van der Waals surface area contributed by atoms with E-state index in [1.807, 2.05) is 0 Å². The molecule has 0 saturated heterocycles. The van der Waals surface area contributed by atoms with Crippen molar-refractivity contribution in [2.24, 2.45) is 5.92 Å². The van der Waals surface area contributed by atoms with Crippen molar-refractivity contribution in [1.29, 1.82) is 0 Å². The van der Waals surface area contributed by atoms with E-state index in [-0.39, 0.29) is 0 Å². The first-order chi connectivity index (χ1) is 5.54. The van der Waals surface area contributed by atoms with Crippen molar-refractivity contribution in [1.82, 2.24) is 0 Å². The summed E-state index contributed by atoms with van der Waals surface area (Å²) in [4.78, 5) is 10.1. The molecule has 68 valence electrons. The molecule has 0 radical (unpaired) electrons. The molecular formula is C9H14O3. The molecule has 0 aliphatic rings. The number of carbonyl (C=O) groups is 1. The van der Waals surface area contributed by atoms with Gasteiger partial charge in [-0.2, -0.15) is 0 Å². The van der Waals surface area contributed by atoms with E-state index in [4.69, 9.17) is 10.2 Å². The maximum Gasteiger partial charge on any atom is 0.345 e. The number of aliphatic carboxylic acids is 1. The highest BCUT2D eigenvalue weighted by molar-refractivity contribution is 5.75. The summed E-state index contributed by atoms with van der Waals surface area (Å²) in [5.41, 5.74) is 0. The third-order valence-corrected chi connectivity index (χ3v) is 1.32. The van der Waals surface area contributed by atoms with Gasteiger partial charge < -0.3 is 10.2 Å². The highest BCUT2D eigenvalue weighted by atomic mass is 16.4. The van der Waals surface area contributed by atoms with Crippen molar-refractivity contribution in [3.8, 4) is 11.8 Å². The predicted molar refractivity (Wildman–Crippen MR) is 45.5 cm³/mol. The smallest absolute Gasteiger partial charge is 0.345 e. The van der Waals surface area contributed by atoms with Gasteiger partial charge in [0.15, 0.2) is 0 Å². The van der Waals surface area contributed by atoms with Crippen LogP contribution in [-0.2, 0) is 4.79 Å². The largest absolute Gasteiger partial charge is 0.479 e. The maximum absolute atomic E-state index is 10.1. The number of carboxylic acids is 1. The lowest BCUT2D eigenvalue weighted by molar-refractivity contribution is -0.143. The Labute approximate surface area is 72.4 Å². The maximum atomic E-state index is 10.1. The van der Waals surface area contributed by atoms with E-state index in [1.54, 1.807) is 0 Å². The summed E-state index contributed by atoms with van der Waals surface area (Å²) < 4.78 is 0. The van der Waals surface area contributed by atoms with Crippen LogP contribution in [0.5, 0.6) is 0 Å². The summed E-state index contributed by atoms with van der Waals surface area (Å²) in [7, 11) is 0. The summed E-state index contributed by atoms with van der Waals surface area (Å²) in [5.74, 6) is 4.13. The van der Waals surface area contributed by atoms with Crippen molar-refractivity contribution in [3.05, 3.63) is 0 Å². The summed E-state index contributed by atoms with van der Waals surface area (Å²) >= 11 is 0. The van der Waals surface area contributed by atoms with E-state index in [9.17, 15) is 4.79 Å². The molecule has 0 amide bonds. The highest BCUT2D eigenvalue weighted by Gasteiger charge is 2.07. The van der Waals surface area contributed by atoms with Crippen molar-refractivity contribution >= 4 is 5.97 Å². The second-order valence-corrected chi connectivity index (χ2v) is 2.99. The van der Waals surface area contributed by atoms with Crippen LogP contribution in [0.4, 0.5) is 0 Å². The van der Waals surface area contributed by atoms with Crippen LogP contribution >= 0.6 is 0 Å². The fourth-order valence-electron chi connectivity index (χ4n) is 0.591. The zero-order valence-electron chi connectivity index (χ0n) is 7.37. The molecule has 0 aromatic carbocycles. The summed E-state index contributed by atoms with van der Waals surface area (Å²) in [5, 5.41) is 17.0. The van der Waals surface area contributed by atoms with Gasteiger partial charge in [-0.25, -0.2) is 4.79 Å². The number of rotatable bonds is 3. The van der Waals surface area contributed by atoms with Gasteiger partial charge in [-0.1, -0.05) is 25.7 Å². The molecule has 0 saturated carbocycles. The fourth-order valence-corrected chi connectivity index (χ4v) is 0.591. The van der Waals surface area contributed by atoms with E-state index < -0.39 is 12.1 Å². The van der Waals surface area contributed by atoms with Crippen LogP contribution in [0.25, 0.3) is 0 Å². The zero-order valence-corrected chi connectivity index (χ0v) is 7.37. The molecule has 1 unspecified atom stereocenters. The first-order valence-corrected chi connectivity index (χ1v) is 3.93. The quantitative estimate of drug-likeness (QED) is 0.618. The van der Waals surface area contributed by atoms with Gasteiger partial charge >= 0.3 is 5.97 Å². The van der Waals surface area contributed by atoms with Gasteiger partial charge in [-0.3, -0.25) is 0 Å². The van der Waals surface area contributed by atoms with Crippen molar-refractivity contribution < 1.29 is 15.0 Å². The molecule has 0 bridgehead atoms. The molecule has 0 aromatic heterocycles. The molecule has 2 N–H and O–H groups in total. The normalized spacial score (nSPS) is 12.0. The summed E-state index contributed by atoms with van der Waals surface area (Å²) in [6.45, 7) is 4.13. The first kappa shape index (κ1) is 11.0. The second kappa shape index (κ2) is 5.62. The number of hydrogen-bond acceptors (Lipinski definition) is 2. The molecule has 0 aliphatic carbocycles. The Hall–Kier alpha value is -1.01. The molecule has 0 heterocycles. The number of aliphatic hydroxyl groups is 1. The molecule has 0 aliphatic heterocycles. The molecule has 3 heteroatoms. The van der Waals surface area contributed by atoms with Gasteiger partial charge in [0.05, 0.1) is 0 Å². The van der Waals surface area contributed by atoms with Crippen LogP contribution in [0.3, 0.4) is 0 Å². The highest BCUT2D eigenvalue weighted by Crippen LogP contribution is 2.01. The summed E-state index contributed by atoms with van der Waals surface area (Å²) in [6.07, 6.45) is 0.0404. The van der Waals surface area contributed by atoms with E-state index in [1.165, 1.54) is 0 Å². The molecule has 0 fully saturated rings. The van der Waals surface area contributed by atoms with Crippen LogP contribution in [0.1, 0.15) is 26.7 Å². The van der Waals surface area contributed by atoms with Gasteiger partial charge in [0.2, 0.25) is 6.10 Å². The minimum absolute atomic E-state index is 0.557. The Balaban J connectivity index is 3.66. The SMILES string of the molecule is CC(C)CCC#CC(O)C(=O)O. The molecule has 3 nitrogen and oxygen atoms in total. The first-order valence-electron chi connectivity index (χ1n) is 3.93. The topological polar surface area (TPSA) is 57.5 Å². The molecule has 0 rings (SSSR count). The Kier molecular flexibility index (Phi) is 5.14. The second-order valence-electron chi connectivity index (χ2n) is 2.99. The van der Waals surface area contributed by atoms with Crippen LogP contribution in [0, 0.1) is 17.8 Å². The minimum Gasteiger partial charge on any atom is -0.479 e. The molecule has 0 aromatic rings. The Bertz CT molecular complexity index is 198. The lowest BCUT2D eigenvalue weighted by Crippen LogP contribution is -2.16. The van der Waals surface area contributed by atoms with Crippen molar-refractivity contribution in [2.75, 3.05) is 0 Å². The summed E-state index contributed by atoms with van der Waals surface area (Å²) in [6, 6.07) is 0. The average Bonchev–Trinajstić information content (AvgIpc) is 1.97. The molecule has 0 spiro atoms. The van der Waals surface area contributed by atoms with Crippen LogP contribution in [0.15, 0.2) is 0 Å². The van der Waals surface area contributed by atoms with Gasteiger partial charge in [-0.15, -0.1) is 0 Å². The van der Waals surface area contributed by atoms with Gasteiger partial charge in [-0.05, 0) is 12.3 Å². The number of carboxylic acid groups (broad SMARTS) is 1. The molecule has 1 atom stereocenters. The lowest BCUT2D eigenvalue weighted by atomic mass is 10.1. The zero-order chi connectivity index (χ0) is 9.56. The van der Waals surface area contributed by atoms with E-state index in [2.05, 4.69) is 25.7 Å². The predicted octanol–water partition coefficient (Wildman–Crippen LogP) is 0.872. The Morgan fingerprint density at radius 2 is 2.08 bits per heavy atom. The van der Waals surface area contributed by atoms with Crippen LogP contribution < -0.4 is 0 Å². The van der Waals surface area contributed by atoms with E-state index in [0.717, 1.165) is 6.42 Å². The van der Waals surface area contributed by atoms with Crippen molar-refractivity contribution in [2.45, 2.75) is 32.8 Å². The molecular weight excluding hydrogens is 156 g/mol. The lowest BCUT2D eigenvalue weighted by Gasteiger charge is -1.97. The average molecular weight is 170 g/mol. The minimum atomic E-state index is -1.53. The number of hydrogen-bond donors (Lipinski definition) is 2.